The minimum Gasteiger partial charge on any atom is -0.369 e. The van der Waals surface area contributed by atoms with Crippen molar-refractivity contribution in [2.24, 2.45) is 11.8 Å². The molecule has 9 heavy (non-hydrogen) atoms. The lowest BCUT2D eigenvalue weighted by molar-refractivity contribution is 0.167. The summed E-state index contributed by atoms with van der Waals surface area (Å²) < 4.78 is 5.47. The summed E-state index contributed by atoms with van der Waals surface area (Å²) in [4.78, 5) is 0. The van der Waals surface area contributed by atoms with E-state index in [1.165, 1.54) is 25.7 Å². The second kappa shape index (κ2) is 1.34. The minimum absolute atomic E-state index is 0.746. The van der Waals surface area contributed by atoms with Gasteiger partial charge in [-0.2, -0.15) is 0 Å². The SMILES string of the molecule is C1CCC2C(C1)C1OC21. The third kappa shape index (κ3) is 0.454. The normalized spacial score (nSPS) is 61.3. The van der Waals surface area contributed by atoms with Crippen LogP contribution in [0.1, 0.15) is 25.7 Å². The highest BCUT2D eigenvalue weighted by Gasteiger charge is 2.63. The van der Waals surface area contributed by atoms with Crippen LogP contribution in [0, 0.1) is 11.8 Å². The molecule has 4 unspecified atom stereocenters. The molecular formula is C8H12O. The molecule has 0 spiro atoms. The van der Waals surface area contributed by atoms with Crippen molar-refractivity contribution in [3.05, 3.63) is 0 Å². The molecule has 1 nitrogen and oxygen atoms in total. The van der Waals surface area contributed by atoms with Crippen LogP contribution in [0.5, 0.6) is 0 Å². The van der Waals surface area contributed by atoms with Crippen molar-refractivity contribution in [3.8, 4) is 0 Å². The van der Waals surface area contributed by atoms with Gasteiger partial charge in [0.2, 0.25) is 0 Å². The molecule has 3 fully saturated rings. The molecule has 0 aromatic carbocycles. The van der Waals surface area contributed by atoms with Gasteiger partial charge in [0.15, 0.2) is 0 Å². The second-order valence-electron chi connectivity index (χ2n) is 3.68. The molecule has 2 aliphatic carbocycles. The Morgan fingerprint density at radius 1 is 0.889 bits per heavy atom. The summed E-state index contributed by atoms with van der Waals surface area (Å²) >= 11 is 0. The zero-order chi connectivity index (χ0) is 5.84. The summed E-state index contributed by atoms with van der Waals surface area (Å²) in [6.07, 6.45) is 7.35. The van der Waals surface area contributed by atoms with E-state index in [4.69, 9.17) is 4.74 Å². The Balaban J connectivity index is 1.81. The minimum atomic E-state index is 0.746. The van der Waals surface area contributed by atoms with E-state index in [9.17, 15) is 0 Å². The van der Waals surface area contributed by atoms with Crippen molar-refractivity contribution in [1.29, 1.82) is 0 Å². The topological polar surface area (TPSA) is 12.5 Å². The molecule has 4 atom stereocenters. The number of hydrogen-bond acceptors (Lipinski definition) is 1. The Bertz CT molecular complexity index is 128. The van der Waals surface area contributed by atoms with Gasteiger partial charge in [-0.1, -0.05) is 12.8 Å². The molecule has 0 aromatic rings. The van der Waals surface area contributed by atoms with Gasteiger partial charge in [-0.15, -0.1) is 0 Å². The molecule has 0 bridgehead atoms. The number of fused-ring (bicyclic) bond motifs is 4. The highest BCUT2D eigenvalue weighted by Crippen LogP contribution is 2.57. The molecule has 3 aliphatic rings. The van der Waals surface area contributed by atoms with Crippen LogP contribution in [-0.4, -0.2) is 12.2 Å². The first-order valence-electron chi connectivity index (χ1n) is 4.12. The van der Waals surface area contributed by atoms with Gasteiger partial charge in [-0.05, 0) is 24.7 Å². The van der Waals surface area contributed by atoms with Crippen LogP contribution in [0.15, 0.2) is 0 Å². The number of rotatable bonds is 0. The largest absolute Gasteiger partial charge is 0.369 e. The van der Waals surface area contributed by atoms with E-state index in [1.807, 2.05) is 0 Å². The van der Waals surface area contributed by atoms with E-state index in [0.29, 0.717) is 0 Å². The predicted octanol–water partition coefficient (Wildman–Crippen LogP) is 1.57. The van der Waals surface area contributed by atoms with E-state index in [1.54, 1.807) is 0 Å². The van der Waals surface area contributed by atoms with Crippen LogP contribution in [0.2, 0.25) is 0 Å². The lowest BCUT2D eigenvalue weighted by atomic mass is 9.66. The maximum absolute atomic E-state index is 5.47. The highest BCUT2D eigenvalue weighted by atomic mass is 16.6. The van der Waals surface area contributed by atoms with Gasteiger partial charge < -0.3 is 4.74 Å². The molecule has 1 saturated heterocycles. The molecule has 1 heteroatoms. The van der Waals surface area contributed by atoms with Crippen LogP contribution in [-0.2, 0) is 4.74 Å². The van der Waals surface area contributed by atoms with Crippen molar-refractivity contribution in [2.75, 3.05) is 0 Å². The summed E-state index contributed by atoms with van der Waals surface area (Å²) in [5.41, 5.74) is 0. The summed E-state index contributed by atoms with van der Waals surface area (Å²) in [6.45, 7) is 0. The average molecular weight is 124 g/mol. The number of ether oxygens (including phenoxy) is 1. The molecule has 0 N–H and O–H groups in total. The van der Waals surface area contributed by atoms with Crippen molar-refractivity contribution < 1.29 is 4.74 Å². The average Bonchev–Trinajstić information content (AvgIpc) is 2.58. The fraction of sp³-hybridized carbons (Fsp3) is 1.00. The Kier molecular flexibility index (Phi) is 0.704. The van der Waals surface area contributed by atoms with Crippen LogP contribution < -0.4 is 0 Å². The highest BCUT2D eigenvalue weighted by molar-refractivity contribution is 5.10. The molecule has 0 aromatic heterocycles. The molecule has 2 saturated carbocycles. The van der Waals surface area contributed by atoms with Crippen molar-refractivity contribution >= 4 is 0 Å². The van der Waals surface area contributed by atoms with Crippen LogP contribution in [0.25, 0.3) is 0 Å². The van der Waals surface area contributed by atoms with E-state index in [2.05, 4.69) is 0 Å². The Morgan fingerprint density at radius 2 is 1.44 bits per heavy atom. The number of epoxide rings is 1. The van der Waals surface area contributed by atoms with Gasteiger partial charge in [-0.25, -0.2) is 0 Å². The monoisotopic (exact) mass is 124 g/mol. The first-order chi connectivity index (χ1) is 4.47. The third-order valence-electron chi connectivity index (χ3n) is 3.28. The summed E-state index contributed by atoms with van der Waals surface area (Å²) in [6, 6.07) is 0. The first kappa shape index (κ1) is 4.73. The smallest absolute Gasteiger partial charge is 0.0876 e. The van der Waals surface area contributed by atoms with Gasteiger partial charge in [0.1, 0.15) is 0 Å². The van der Waals surface area contributed by atoms with Crippen molar-refractivity contribution in [2.45, 2.75) is 37.9 Å². The van der Waals surface area contributed by atoms with Crippen LogP contribution in [0.3, 0.4) is 0 Å². The van der Waals surface area contributed by atoms with E-state index >= 15 is 0 Å². The van der Waals surface area contributed by atoms with Gasteiger partial charge in [0, 0.05) is 0 Å². The molecule has 0 amide bonds. The van der Waals surface area contributed by atoms with Crippen molar-refractivity contribution in [3.63, 3.8) is 0 Å². The van der Waals surface area contributed by atoms with E-state index < -0.39 is 0 Å². The van der Waals surface area contributed by atoms with Gasteiger partial charge in [0.25, 0.3) is 0 Å². The van der Waals surface area contributed by atoms with Gasteiger partial charge in [0.05, 0.1) is 12.2 Å². The number of hydrogen-bond donors (Lipinski definition) is 0. The Labute approximate surface area is 55.4 Å². The predicted molar refractivity (Wildman–Crippen MR) is 34.1 cm³/mol. The zero-order valence-corrected chi connectivity index (χ0v) is 5.55. The lowest BCUT2D eigenvalue weighted by Crippen LogP contribution is -2.38. The summed E-state index contributed by atoms with van der Waals surface area (Å²) in [7, 11) is 0. The van der Waals surface area contributed by atoms with Gasteiger partial charge in [-0.3, -0.25) is 0 Å². The summed E-state index contributed by atoms with van der Waals surface area (Å²) in [5, 5.41) is 0. The molecule has 3 rings (SSSR count). The molecule has 1 heterocycles. The summed E-state index contributed by atoms with van der Waals surface area (Å²) in [5.74, 6) is 2.01. The fourth-order valence-electron chi connectivity index (χ4n) is 2.68. The quantitative estimate of drug-likeness (QED) is 0.446. The van der Waals surface area contributed by atoms with E-state index in [0.717, 1.165) is 24.0 Å². The molecule has 50 valence electrons. The van der Waals surface area contributed by atoms with Gasteiger partial charge >= 0.3 is 0 Å². The maximum atomic E-state index is 5.47. The Morgan fingerprint density at radius 3 is 2.00 bits per heavy atom. The van der Waals surface area contributed by atoms with Crippen molar-refractivity contribution in [1.82, 2.24) is 0 Å². The van der Waals surface area contributed by atoms with Crippen LogP contribution >= 0.6 is 0 Å². The maximum Gasteiger partial charge on any atom is 0.0876 e. The fourth-order valence-corrected chi connectivity index (χ4v) is 2.68. The lowest BCUT2D eigenvalue weighted by Gasteiger charge is -2.35. The second-order valence-corrected chi connectivity index (χ2v) is 3.68. The molecule has 1 aliphatic heterocycles. The first-order valence-corrected chi connectivity index (χ1v) is 4.12. The molecule has 0 radical (unpaired) electrons. The zero-order valence-electron chi connectivity index (χ0n) is 5.55. The molecular weight excluding hydrogens is 112 g/mol. The third-order valence-corrected chi connectivity index (χ3v) is 3.28. The standard InChI is InChI=1S/C8H12O/c1-2-4-6-5(3-1)7-8(6)9-7/h5-8H,1-4H2. The van der Waals surface area contributed by atoms with E-state index in [-0.39, 0.29) is 0 Å². The van der Waals surface area contributed by atoms with Crippen LogP contribution in [0.4, 0.5) is 0 Å². The Hall–Kier alpha value is -0.0400.